The Bertz CT molecular complexity index is 679. The minimum atomic E-state index is -0.375. The van der Waals surface area contributed by atoms with E-state index < -0.39 is 0 Å². The van der Waals surface area contributed by atoms with Gasteiger partial charge in [-0.2, -0.15) is 0 Å². The minimum Gasteiger partial charge on any atom is -0.312 e. The maximum absolute atomic E-state index is 10.9. The number of hydrogen-bond acceptors (Lipinski definition) is 6. The third-order valence-corrected chi connectivity index (χ3v) is 4.63. The van der Waals surface area contributed by atoms with Crippen molar-refractivity contribution in [2.24, 2.45) is 0 Å². The smallest absolute Gasteiger partial charge is 0.270 e. The second-order valence-electron chi connectivity index (χ2n) is 5.54. The zero-order valence-corrected chi connectivity index (χ0v) is 14.4. The predicted molar refractivity (Wildman–Crippen MR) is 94.2 cm³/mol. The van der Waals surface area contributed by atoms with E-state index in [1.807, 2.05) is 11.4 Å². The molecule has 23 heavy (non-hydrogen) atoms. The number of hydrogen-bond donors (Lipinski definition) is 1. The van der Waals surface area contributed by atoms with Gasteiger partial charge >= 0.3 is 0 Å². The predicted octanol–water partition coefficient (Wildman–Crippen LogP) is 2.93. The van der Waals surface area contributed by atoms with Crippen LogP contribution in [0.5, 0.6) is 0 Å². The molecule has 0 amide bonds. The SMILES string of the molecule is C[C@@H]1CN(Cc2csc(-c3cccc([N+](=O)[O-])c3)n2)CCN1.Cl. The van der Waals surface area contributed by atoms with E-state index in [0.717, 1.165) is 42.4 Å². The van der Waals surface area contributed by atoms with Crippen molar-refractivity contribution in [1.82, 2.24) is 15.2 Å². The van der Waals surface area contributed by atoms with E-state index in [0.29, 0.717) is 6.04 Å². The number of halogens is 1. The molecule has 8 heteroatoms. The quantitative estimate of drug-likeness (QED) is 0.675. The van der Waals surface area contributed by atoms with Crippen LogP contribution in [0.2, 0.25) is 0 Å². The van der Waals surface area contributed by atoms with Crippen molar-refractivity contribution in [2.75, 3.05) is 19.6 Å². The van der Waals surface area contributed by atoms with E-state index in [4.69, 9.17) is 0 Å². The van der Waals surface area contributed by atoms with Gasteiger partial charge in [0.1, 0.15) is 5.01 Å². The van der Waals surface area contributed by atoms with E-state index >= 15 is 0 Å². The highest BCUT2D eigenvalue weighted by Crippen LogP contribution is 2.27. The molecule has 0 spiro atoms. The lowest BCUT2D eigenvalue weighted by Gasteiger charge is -2.31. The van der Waals surface area contributed by atoms with Crippen molar-refractivity contribution in [3.8, 4) is 10.6 Å². The molecule has 6 nitrogen and oxygen atoms in total. The topological polar surface area (TPSA) is 71.3 Å². The van der Waals surface area contributed by atoms with Crippen molar-refractivity contribution in [3.63, 3.8) is 0 Å². The van der Waals surface area contributed by atoms with Gasteiger partial charge in [-0.3, -0.25) is 15.0 Å². The molecule has 0 unspecified atom stereocenters. The molecule has 2 aromatic rings. The summed E-state index contributed by atoms with van der Waals surface area (Å²) in [7, 11) is 0. The first-order valence-electron chi connectivity index (χ1n) is 7.27. The molecule has 1 saturated heterocycles. The summed E-state index contributed by atoms with van der Waals surface area (Å²) in [5.74, 6) is 0. The van der Waals surface area contributed by atoms with Crippen molar-refractivity contribution in [1.29, 1.82) is 0 Å². The number of aromatic nitrogens is 1. The molecular weight excluding hydrogens is 336 g/mol. The molecule has 1 aromatic heterocycles. The first kappa shape index (κ1) is 17.8. The number of nitrogens with one attached hydrogen (secondary N) is 1. The van der Waals surface area contributed by atoms with Crippen LogP contribution in [0, 0.1) is 10.1 Å². The third-order valence-electron chi connectivity index (χ3n) is 3.69. The van der Waals surface area contributed by atoms with Gasteiger partial charge in [-0.15, -0.1) is 23.7 Å². The Morgan fingerprint density at radius 3 is 3.09 bits per heavy atom. The van der Waals surface area contributed by atoms with Crippen LogP contribution in [0.15, 0.2) is 29.6 Å². The second kappa shape index (κ2) is 7.83. The molecular formula is C15H19ClN4O2S. The number of nitro benzene ring substituents is 1. The van der Waals surface area contributed by atoms with Crippen molar-refractivity contribution >= 4 is 29.4 Å². The molecule has 2 heterocycles. The van der Waals surface area contributed by atoms with Crippen LogP contribution in [0.4, 0.5) is 5.69 Å². The van der Waals surface area contributed by atoms with Gasteiger partial charge in [0, 0.05) is 55.3 Å². The van der Waals surface area contributed by atoms with E-state index in [2.05, 4.69) is 22.1 Å². The van der Waals surface area contributed by atoms with Gasteiger partial charge in [0.05, 0.1) is 10.6 Å². The Morgan fingerprint density at radius 1 is 1.52 bits per heavy atom. The van der Waals surface area contributed by atoms with Gasteiger partial charge in [0.2, 0.25) is 0 Å². The second-order valence-corrected chi connectivity index (χ2v) is 6.40. The van der Waals surface area contributed by atoms with Crippen molar-refractivity contribution in [2.45, 2.75) is 19.5 Å². The van der Waals surface area contributed by atoms with E-state index in [-0.39, 0.29) is 23.0 Å². The number of thiazole rings is 1. The maximum Gasteiger partial charge on any atom is 0.270 e. The van der Waals surface area contributed by atoms with Crippen molar-refractivity contribution < 1.29 is 4.92 Å². The summed E-state index contributed by atoms with van der Waals surface area (Å²) in [5.41, 5.74) is 1.94. The number of nitrogens with zero attached hydrogens (tertiary/aromatic N) is 3. The number of nitro groups is 1. The molecule has 1 aliphatic heterocycles. The highest BCUT2D eigenvalue weighted by molar-refractivity contribution is 7.13. The van der Waals surface area contributed by atoms with Gasteiger partial charge in [0.15, 0.2) is 0 Å². The van der Waals surface area contributed by atoms with E-state index in [1.54, 1.807) is 12.1 Å². The molecule has 1 aliphatic rings. The fourth-order valence-corrected chi connectivity index (χ4v) is 3.46. The number of benzene rings is 1. The Morgan fingerprint density at radius 2 is 2.35 bits per heavy atom. The first-order chi connectivity index (χ1) is 10.6. The average molecular weight is 355 g/mol. The first-order valence-corrected chi connectivity index (χ1v) is 8.15. The molecule has 3 rings (SSSR count). The Labute approximate surface area is 145 Å². The normalized spacial score (nSPS) is 18.4. The number of piperazine rings is 1. The van der Waals surface area contributed by atoms with Crippen LogP contribution in [0.1, 0.15) is 12.6 Å². The molecule has 0 bridgehead atoms. The highest BCUT2D eigenvalue weighted by Gasteiger charge is 2.17. The fourth-order valence-electron chi connectivity index (χ4n) is 2.65. The van der Waals surface area contributed by atoms with Gasteiger partial charge in [0.25, 0.3) is 5.69 Å². The molecule has 0 saturated carbocycles. The zero-order chi connectivity index (χ0) is 15.5. The van der Waals surface area contributed by atoms with Gasteiger partial charge < -0.3 is 5.32 Å². The summed E-state index contributed by atoms with van der Waals surface area (Å²) >= 11 is 1.54. The summed E-state index contributed by atoms with van der Waals surface area (Å²) in [4.78, 5) is 17.5. The lowest BCUT2D eigenvalue weighted by molar-refractivity contribution is -0.384. The molecule has 0 radical (unpaired) electrons. The summed E-state index contributed by atoms with van der Waals surface area (Å²) in [6, 6.07) is 7.15. The summed E-state index contributed by atoms with van der Waals surface area (Å²) < 4.78 is 0. The number of rotatable bonds is 4. The lowest BCUT2D eigenvalue weighted by atomic mass is 10.2. The van der Waals surface area contributed by atoms with Crippen LogP contribution in [0.3, 0.4) is 0 Å². The Balaban J connectivity index is 0.00000192. The largest absolute Gasteiger partial charge is 0.312 e. The van der Waals surface area contributed by atoms with Crippen molar-refractivity contribution in [3.05, 3.63) is 45.5 Å². The van der Waals surface area contributed by atoms with Crippen LogP contribution < -0.4 is 5.32 Å². The monoisotopic (exact) mass is 354 g/mol. The lowest BCUT2D eigenvalue weighted by Crippen LogP contribution is -2.48. The summed E-state index contributed by atoms with van der Waals surface area (Å²) in [5, 5.41) is 17.2. The standard InChI is InChI=1S/C15H18N4O2S.ClH/c1-11-8-18(6-5-16-11)9-13-10-22-15(17-13)12-3-2-4-14(7-12)19(20)21;/h2-4,7,10-11,16H,5-6,8-9H2,1H3;1H/t11-;/m1./s1. The molecule has 124 valence electrons. The molecule has 1 atom stereocenters. The van der Waals surface area contributed by atoms with E-state index in [1.165, 1.54) is 17.4 Å². The zero-order valence-electron chi connectivity index (χ0n) is 12.8. The average Bonchev–Trinajstić information content (AvgIpc) is 2.96. The fraction of sp³-hybridized carbons (Fsp3) is 0.400. The van der Waals surface area contributed by atoms with Gasteiger partial charge in [-0.1, -0.05) is 12.1 Å². The number of non-ortho nitro benzene ring substituents is 1. The molecule has 0 aliphatic carbocycles. The maximum atomic E-state index is 10.9. The van der Waals surface area contributed by atoms with Crippen LogP contribution in [-0.4, -0.2) is 40.5 Å². The third kappa shape index (κ3) is 4.48. The molecule has 1 N–H and O–H groups in total. The highest BCUT2D eigenvalue weighted by atomic mass is 35.5. The van der Waals surface area contributed by atoms with E-state index in [9.17, 15) is 10.1 Å². The molecule has 1 fully saturated rings. The van der Waals surface area contributed by atoms with Gasteiger partial charge in [-0.05, 0) is 6.92 Å². The Hall–Kier alpha value is -1.54. The summed E-state index contributed by atoms with van der Waals surface area (Å²) in [6.07, 6.45) is 0. The Kier molecular flexibility index (Phi) is 6.06. The minimum absolute atomic E-state index is 0. The summed E-state index contributed by atoms with van der Waals surface area (Å²) in [6.45, 7) is 6.06. The van der Waals surface area contributed by atoms with Crippen LogP contribution >= 0.6 is 23.7 Å². The molecule has 1 aromatic carbocycles. The van der Waals surface area contributed by atoms with Crippen LogP contribution in [0.25, 0.3) is 10.6 Å². The van der Waals surface area contributed by atoms with Crippen LogP contribution in [-0.2, 0) is 6.54 Å². The van der Waals surface area contributed by atoms with Gasteiger partial charge in [-0.25, -0.2) is 4.98 Å².